The number of halogens is 1. The number of amides is 1. The second-order valence-electron chi connectivity index (χ2n) is 6.02. The van der Waals surface area contributed by atoms with Crippen LogP contribution in [0.15, 0.2) is 51.3 Å². The van der Waals surface area contributed by atoms with Crippen LogP contribution in [0.4, 0.5) is 5.82 Å². The van der Waals surface area contributed by atoms with E-state index in [9.17, 15) is 14.9 Å². The van der Waals surface area contributed by atoms with E-state index in [0.717, 1.165) is 0 Å². The van der Waals surface area contributed by atoms with Crippen LogP contribution < -0.4 is 5.32 Å². The maximum Gasteiger partial charge on any atom is 0.408 e. The summed E-state index contributed by atoms with van der Waals surface area (Å²) < 4.78 is 12.2. The summed E-state index contributed by atoms with van der Waals surface area (Å²) in [4.78, 5) is 24.1. The van der Waals surface area contributed by atoms with Gasteiger partial charge in [-0.1, -0.05) is 11.6 Å². The van der Waals surface area contributed by atoms with Crippen molar-refractivity contribution >= 4 is 46.7 Å². The normalized spacial score (nSPS) is 15.3. The van der Waals surface area contributed by atoms with Crippen molar-refractivity contribution in [1.82, 2.24) is 20.0 Å². The van der Waals surface area contributed by atoms with Gasteiger partial charge in [0.25, 0.3) is 5.91 Å². The first-order valence-electron chi connectivity index (χ1n) is 8.23. The van der Waals surface area contributed by atoms with Crippen molar-refractivity contribution in [3.05, 3.63) is 74.8 Å². The number of nitrogens with one attached hydrogen (secondary N) is 1. The third-order valence-electron chi connectivity index (χ3n) is 4.02. The summed E-state index contributed by atoms with van der Waals surface area (Å²) >= 11 is 11.0. The molecule has 0 radical (unpaired) electrons. The van der Waals surface area contributed by atoms with Crippen molar-refractivity contribution in [2.45, 2.75) is 13.1 Å². The van der Waals surface area contributed by atoms with Crippen molar-refractivity contribution in [3.63, 3.8) is 0 Å². The first kappa shape index (κ1) is 18.9. The average molecular weight is 434 g/mol. The lowest BCUT2D eigenvalue weighted by molar-refractivity contribution is -0.389. The smallest absolute Gasteiger partial charge is 0.408 e. The number of furan rings is 2. The molecule has 4 rings (SSSR count). The number of hydrogen-bond acceptors (Lipinski definition) is 7. The zero-order chi connectivity index (χ0) is 20.5. The predicted octanol–water partition coefficient (Wildman–Crippen LogP) is 2.94. The maximum atomic E-state index is 12.6. The molecule has 0 spiro atoms. The lowest BCUT2D eigenvalue weighted by atomic mass is 10.3. The highest BCUT2D eigenvalue weighted by Crippen LogP contribution is 2.23. The summed E-state index contributed by atoms with van der Waals surface area (Å²) in [6.07, 6.45) is 4.39. The van der Waals surface area contributed by atoms with Crippen molar-refractivity contribution in [2.24, 2.45) is 0 Å². The van der Waals surface area contributed by atoms with Gasteiger partial charge >= 0.3 is 5.82 Å². The van der Waals surface area contributed by atoms with Gasteiger partial charge < -0.3 is 24.3 Å². The van der Waals surface area contributed by atoms with Gasteiger partial charge in [-0.15, -0.1) is 0 Å². The third-order valence-corrected chi connectivity index (χ3v) is 4.60. The fourth-order valence-corrected chi connectivity index (χ4v) is 3.20. The zero-order valence-corrected chi connectivity index (χ0v) is 16.1. The van der Waals surface area contributed by atoms with Crippen LogP contribution in [0, 0.1) is 10.1 Å². The molecule has 1 amide bonds. The Kier molecular flexibility index (Phi) is 4.91. The lowest BCUT2D eigenvalue weighted by Gasteiger charge is -2.11. The molecule has 4 heterocycles. The molecule has 10 nitrogen and oxygen atoms in total. The molecule has 0 aliphatic carbocycles. The molecule has 1 aliphatic heterocycles. The third kappa shape index (κ3) is 3.91. The fraction of sp³-hybridized carbons (Fsp3) is 0.118. The van der Waals surface area contributed by atoms with Crippen LogP contribution in [0.2, 0.25) is 5.02 Å². The van der Waals surface area contributed by atoms with Gasteiger partial charge in [0.2, 0.25) is 0 Å². The Morgan fingerprint density at radius 1 is 1.31 bits per heavy atom. The van der Waals surface area contributed by atoms with Crippen molar-refractivity contribution in [3.8, 4) is 0 Å². The van der Waals surface area contributed by atoms with E-state index >= 15 is 0 Å². The average Bonchev–Trinajstić information content (AvgIpc) is 3.43. The number of nitro groups is 1. The van der Waals surface area contributed by atoms with Crippen LogP contribution in [0.1, 0.15) is 17.3 Å². The summed E-state index contributed by atoms with van der Waals surface area (Å²) in [6.45, 7) is 0.360. The van der Waals surface area contributed by atoms with E-state index in [1.165, 1.54) is 28.1 Å². The molecular formula is C17H12ClN5O5S. The van der Waals surface area contributed by atoms with Crippen LogP contribution >= 0.6 is 23.8 Å². The minimum absolute atomic E-state index is 0.0604. The summed E-state index contributed by atoms with van der Waals surface area (Å²) in [5.74, 6) is 0.763. The molecule has 148 valence electrons. The largest absolute Gasteiger partial charge is 0.467 e. The van der Waals surface area contributed by atoms with E-state index in [0.29, 0.717) is 17.3 Å². The van der Waals surface area contributed by atoms with Gasteiger partial charge in [0, 0.05) is 6.08 Å². The highest BCUT2D eigenvalue weighted by Gasteiger charge is 2.31. The SMILES string of the molecule is O=C1/C(=C\c2ccc(Cn3cc(Cl)c([N+](=O)[O-])n3)o2)NC(=S)N1Cc1ccco1. The quantitative estimate of drug-likeness (QED) is 0.272. The first-order chi connectivity index (χ1) is 13.9. The first-order valence-corrected chi connectivity index (χ1v) is 9.02. The molecule has 0 unspecified atom stereocenters. The molecule has 3 aromatic rings. The number of rotatable bonds is 6. The number of aromatic nitrogens is 2. The van der Waals surface area contributed by atoms with Crippen molar-refractivity contribution in [1.29, 1.82) is 0 Å². The van der Waals surface area contributed by atoms with Crippen LogP contribution in [-0.4, -0.2) is 30.6 Å². The Balaban J connectivity index is 1.47. The van der Waals surface area contributed by atoms with E-state index in [2.05, 4.69) is 10.4 Å². The summed E-state index contributed by atoms with van der Waals surface area (Å²) in [5, 5.41) is 17.7. The fourth-order valence-electron chi connectivity index (χ4n) is 2.72. The second kappa shape index (κ2) is 7.53. The number of thiocarbonyl (C=S) groups is 1. The van der Waals surface area contributed by atoms with Gasteiger partial charge in [0.15, 0.2) is 10.1 Å². The molecule has 1 aliphatic rings. The number of carbonyl (C=O) groups excluding carboxylic acids is 1. The Morgan fingerprint density at radius 2 is 2.14 bits per heavy atom. The number of carbonyl (C=O) groups is 1. The van der Waals surface area contributed by atoms with Crippen LogP contribution in [0.3, 0.4) is 0 Å². The monoisotopic (exact) mass is 433 g/mol. The lowest BCUT2D eigenvalue weighted by Crippen LogP contribution is -2.29. The summed E-state index contributed by atoms with van der Waals surface area (Å²) in [5.41, 5.74) is 0.264. The molecule has 12 heteroatoms. The van der Waals surface area contributed by atoms with Crippen molar-refractivity contribution in [2.75, 3.05) is 0 Å². The minimum Gasteiger partial charge on any atom is -0.467 e. The van der Waals surface area contributed by atoms with Gasteiger partial charge in [0.1, 0.15) is 29.5 Å². The van der Waals surface area contributed by atoms with E-state index in [-0.39, 0.29) is 34.8 Å². The standard InChI is InChI=1S/C17H12ClN5O5S/c18-13-9-21(20-15(13)23(25)26)7-12-4-3-10(28-12)6-14-16(24)22(17(29)19-14)8-11-2-1-5-27-11/h1-6,9H,7-8H2,(H,19,29)/b14-6+. The molecule has 0 aromatic carbocycles. The molecule has 1 N–H and O–H groups in total. The highest BCUT2D eigenvalue weighted by atomic mass is 35.5. The summed E-state index contributed by atoms with van der Waals surface area (Å²) in [7, 11) is 0. The molecule has 0 atom stereocenters. The Labute approximate surface area is 173 Å². The molecule has 1 saturated heterocycles. The molecule has 0 bridgehead atoms. The van der Waals surface area contributed by atoms with Crippen LogP contribution in [0.25, 0.3) is 6.08 Å². The second-order valence-corrected chi connectivity index (χ2v) is 6.81. The number of nitrogens with zero attached hydrogens (tertiary/aromatic N) is 4. The maximum absolute atomic E-state index is 12.6. The molecule has 3 aromatic heterocycles. The van der Waals surface area contributed by atoms with E-state index in [4.69, 9.17) is 32.7 Å². The Morgan fingerprint density at radius 3 is 2.83 bits per heavy atom. The van der Waals surface area contributed by atoms with Gasteiger partial charge in [-0.25, -0.2) is 0 Å². The van der Waals surface area contributed by atoms with Gasteiger partial charge in [-0.2, -0.15) is 4.68 Å². The topological polar surface area (TPSA) is 120 Å². The van der Waals surface area contributed by atoms with Crippen LogP contribution in [-0.2, 0) is 17.9 Å². The molecular weight excluding hydrogens is 422 g/mol. The van der Waals surface area contributed by atoms with Crippen LogP contribution in [0.5, 0.6) is 0 Å². The molecule has 1 fully saturated rings. The predicted molar refractivity (Wildman–Crippen MR) is 105 cm³/mol. The van der Waals surface area contributed by atoms with Gasteiger partial charge in [0.05, 0.1) is 24.1 Å². The minimum atomic E-state index is -0.661. The van der Waals surface area contributed by atoms with E-state index in [1.807, 2.05) is 0 Å². The Hall–Kier alpha value is -3.44. The summed E-state index contributed by atoms with van der Waals surface area (Å²) in [6, 6.07) is 6.82. The zero-order valence-electron chi connectivity index (χ0n) is 14.6. The Bertz CT molecular complexity index is 1130. The van der Waals surface area contributed by atoms with Gasteiger partial charge in [-0.05, 0) is 41.4 Å². The van der Waals surface area contributed by atoms with E-state index in [1.54, 1.807) is 24.3 Å². The highest BCUT2D eigenvalue weighted by molar-refractivity contribution is 7.80. The van der Waals surface area contributed by atoms with E-state index < -0.39 is 10.7 Å². The van der Waals surface area contributed by atoms with Gasteiger partial charge in [-0.3, -0.25) is 9.69 Å². The number of hydrogen-bond donors (Lipinski definition) is 1. The van der Waals surface area contributed by atoms with Crippen molar-refractivity contribution < 1.29 is 18.6 Å². The molecule has 29 heavy (non-hydrogen) atoms. The molecule has 0 saturated carbocycles.